The molecule has 0 aromatic heterocycles. The Hall–Kier alpha value is -0.450. The van der Waals surface area contributed by atoms with Crippen LogP contribution in [0, 0.1) is 56.2 Å². The third-order valence-corrected chi connectivity index (χ3v) is 17.1. The van der Waals surface area contributed by atoms with Gasteiger partial charge in [-0.25, -0.2) is 0 Å². The highest BCUT2D eigenvalue weighted by Gasteiger charge is 2.78. The first-order valence-electron chi connectivity index (χ1n) is 17.9. The van der Waals surface area contributed by atoms with Crippen molar-refractivity contribution in [2.75, 3.05) is 32.7 Å². The van der Waals surface area contributed by atoms with E-state index < -0.39 is 0 Å². The zero-order valence-corrected chi connectivity index (χ0v) is 27.7. The highest BCUT2D eigenvalue weighted by Crippen LogP contribution is 2.80. The van der Waals surface area contributed by atoms with Gasteiger partial charge in [-0.15, -0.1) is 0 Å². The monoisotopic (exact) mass is 566 g/mol. The van der Waals surface area contributed by atoms with E-state index in [1.807, 2.05) is 0 Å². The Morgan fingerprint density at radius 3 is 1.95 bits per heavy atom. The molecule has 1 saturated heterocycles. The van der Waals surface area contributed by atoms with Gasteiger partial charge in [0.05, 0.1) is 6.10 Å². The minimum Gasteiger partial charge on any atom is -0.393 e. The van der Waals surface area contributed by atoms with E-state index >= 15 is 0 Å². The molecule has 4 heteroatoms. The number of fused-ring (bicyclic) bond motifs is 7. The maximum absolute atomic E-state index is 13.6. The topological polar surface area (TPSA) is 43.8 Å². The Kier molecular flexibility index (Phi) is 6.47. The maximum atomic E-state index is 13.6. The van der Waals surface area contributed by atoms with Crippen molar-refractivity contribution < 1.29 is 9.90 Å². The molecule has 0 bridgehead atoms. The number of likely N-dealkylation sites (N-methyl/N-ethyl adjacent to an activating group) is 1. The molecule has 1 aliphatic heterocycles. The number of hydrogen-bond acceptors (Lipinski definition) is 4. The van der Waals surface area contributed by atoms with Crippen molar-refractivity contribution in [1.29, 1.82) is 0 Å². The molecular weight excluding hydrogens is 504 g/mol. The average Bonchev–Trinajstić information content (AvgIpc) is 3.59. The predicted molar refractivity (Wildman–Crippen MR) is 166 cm³/mol. The molecule has 1 N–H and O–H groups in total. The number of rotatable bonds is 4. The summed E-state index contributed by atoms with van der Waals surface area (Å²) in [5.41, 5.74) is 1.15. The highest BCUT2D eigenvalue weighted by atomic mass is 16.3. The molecule has 7 rings (SSSR count). The van der Waals surface area contributed by atoms with Crippen LogP contribution < -0.4 is 0 Å². The summed E-state index contributed by atoms with van der Waals surface area (Å²) in [6, 6.07) is 0. The standard InChI is InChI=1S/C37H62N2O2/c1-8-38-21-23-39(24-22-38)37-27(32(4)17-18-32)12-16-36(37,25-40)20-19-35(7)29(37)10-9-28-33(5)14-13-30(41)31(2,3)26(33)11-15-34(28,35)6/h25-30,41H,8-24H2,1-7H3/t26-,27+,28+,29+,30-,33-,34+,35+,36+,37+/m0/s1. The Balaban J connectivity index is 1.35. The number of carbonyl (C=O) groups is 1. The minimum absolute atomic E-state index is 0.00259. The fourth-order valence-corrected chi connectivity index (χ4v) is 14.5. The lowest BCUT2D eigenvalue weighted by atomic mass is 9.31. The summed E-state index contributed by atoms with van der Waals surface area (Å²) in [5, 5.41) is 11.1. The molecule has 6 aliphatic carbocycles. The molecule has 0 radical (unpaired) electrons. The van der Waals surface area contributed by atoms with Crippen LogP contribution in [0.5, 0.6) is 0 Å². The van der Waals surface area contributed by atoms with Gasteiger partial charge in [-0.3, -0.25) is 4.90 Å². The van der Waals surface area contributed by atoms with Gasteiger partial charge in [0.25, 0.3) is 0 Å². The lowest BCUT2D eigenvalue weighted by molar-refractivity contribution is -0.271. The van der Waals surface area contributed by atoms with Gasteiger partial charge < -0.3 is 14.8 Å². The number of hydrogen-bond donors (Lipinski definition) is 1. The van der Waals surface area contributed by atoms with Crippen LogP contribution in [0.25, 0.3) is 0 Å². The van der Waals surface area contributed by atoms with E-state index in [1.54, 1.807) is 6.29 Å². The van der Waals surface area contributed by atoms with E-state index in [9.17, 15) is 9.90 Å². The molecular formula is C37H62N2O2. The third kappa shape index (κ3) is 3.43. The number of carbonyl (C=O) groups excluding carboxylic acids is 1. The van der Waals surface area contributed by atoms with Crippen molar-refractivity contribution in [2.45, 2.75) is 137 Å². The van der Waals surface area contributed by atoms with Crippen LogP contribution in [0.15, 0.2) is 0 Å². The number of aliphatic hydroxyl groups is 1. The van der Waals surface area contributed by atoms with Crippen molar-refractivity contribution in [3.63, 3.8) is 0 Å². The first kappa shape index (κ1) is 29.3. The van der Waals surface area contributed by atoms with Gasteiger partial charge >= 0.3 is 0 Å². The van der Waals surface area contributed by atoms with Crippen molar-refractivity contribution in [3.8, 4) is 0 Å². The molecule has 10 atom stereocenters. The second kappa shape index (κ2) is 9.06. The summed E-state index contributed by atoms with van der Waals surface area (Å²) in [5.74, 6) is 2.59. The van der Waals surface area contributed by atoms with Crippen molar-refractivity contribution in [3.05, 3.63) is 0 Å². The van der Waals surface area contributed by atoms with Gasteiger partial charge in [0, 0.05) is 37.1 Å². The van der Waals surface area contributed by atoms with E-state index in [0.29, 0.717) is 34.0 Å². The highest BCUT2D eigenvalue weighted by molar-refractivity contribution is 5.65. The first-order chi connectivity index (χ1) is 19.3. The van der Waals surface area contributed by atoms with Crippen LogP contribution in [-0.2, 0) is 4.79 Å². The van der Waals surface area contributed by atoms with Crippen LogP contribution >= 0.6 is 0 Å². The van der Waals surface area contributed by atoms with Gasteiger partial charge in [0.2, 0.25) is 0 Å². The molecule has 1 heterocycles. The van der Waals surface area contributed by atoms with Crippen molar-refractivity contribution in [2.24, 2.45) is 56.2 Å². The molecule has 0 aromatic rings. The molecule has 0 spiro atoms. The van der Waals surface area contributed by atoms with Gasteiger partial charge in [-0.05, 0) is 134 Å². The lowest BCUT2D eigenvalue weighted by Crippen LogP contribution is -2.77. The second-order valence-corrected chi connectivity index (χ2v) is 18.3. The second-order valence-electron chi connectivity index (χ2n) is 18.3. The van der Waals surface area contributed by atoms with Gasteiger partial charge in [0.1, 0.15) is 6.29 Å². The molecule has 0 amide bonds. The van der Waals surface area contributed by atoms with Crippen LogP contribution in [0.2, 0.25) is 0 Å². The van der Waals surface area contributed by atoms with Crippen molar-refractivity contribution in [1.82, 2.24) is 9.80 Å². The zero-order valence-electron chi connectivity index (χ0n) is 27.7. The number of nitrogens with zero attached hydrogens (tertiary/aromatic N) is 2. The van der Waals surface area contributed by atoms with Crippen LogP contribution in [0.3, 0.4) is 0 Å². The largest absolute Gasteiger partial charge is 0.393 e. The normalized spacial score (nSPS) is 54.4. The molecule has 232 valence electrons. The summed E-state index contributed by atoms with van der Waals surface area (Å²) < 4.78 is 0. The predicted octanol–water partition coefficient (Wildman–Crippen LogP) is 7.19. The van der Waals surface area contributed by atoms with Crippen LogP contribution in [-0.4, -0.2) is 65.6 Å². The summed E-state index contributed by atoms with van der Waals surface area (Å²) in [7, 11) is 0. The van der Waals surface area contributed by atoms with E-state index in [4.69, 9.17) is 0 Å². The minimum atomic E-state index is -0.164. The van der Waals surface area contributed by atoms with E-state index in [2.05, 4.69) is 58.3 Å². The smallest absolute Gasteiger partial charge is 0.128 e. The van der Waals surface area contributed by atoms with Crippen molar-refractivity contribution >= 4 is 6.29 Å². The Morgan fingerprint density at radius 1 is 0.683 bits per heavy atom. The summed E-state index contributed by atoms with van der Waals surface area (Å²) in [6.45, 7) is 23.6. The van der Waals surface area contributed by atoms with E-state index in [1.165, 1.54) is 57.8 Å². The van der Waals surface area contributed by atoms with E-state index in [-0.39, 0.29) is 27.9 Å². The SMILES string of the molecule is CCN1CCN([C@@]23[C@@H](C4(C)CC4)CC[C@]2(C=O)CC[C@]2(C)[C@H]3CC[C@@H]3[C@@]4(C)CC[C@H](O)C(C)(C)[C@@H]4CC[C@]32C)CC1. The van der Waals surface area contributed by atoms with Gasteiger partial charge in [0.15, 0.2) is 0 Å². The van der Waals surface area contributed by atoms with Crippen LogP contribution in [0.1, 0.15) is 126 Å². The van der Waals surface area contributed by atoms with Crippen LogP contribution in [0.4, 0.5) is 0 Å². The molecule has 0 aromatic carbocycles. The zero-order chi connectivity index (χ0) is 29.3. The fourth-order valence-electron chi connectivity index (χ4n) is 14.5. The Bertz CT molecular complexity index is 1060. The first-order valence-corrected chi connectivity index (χ1v) is 17.9. The number of aldehydes is 1. The average molecular weight is 567 g/mol. The fraction of sp³-hybridized carbons (Fsp3) is 0.973. The summed E-state index contributed by atoms with van der Waals surface area (Å²) in [6.07, 6.45) is 16.2. The molecule has 7 aliphatic rings. The molecule has 6 saturated carbocycles. The molecule has 4 nitrogen and oxygen atoms in total. The quantitative estimate of drug-likeness (QED) is 0.366. The molecule has 41 heavy (non-hydrogen) atoms. The number of aliphatic hydroxyl groups excluding tert-OH is 1. The third-order valence-electron chi connectivity index (χ3n) is 17.1. The Labute approximate surface area is 251 Å². The lowest BCUT2D eigenvalue weighted by Gasteiger charge is -2.76. The van der Waals surface area contributed by atoms with E-state index in [0.717, 1.165) is 57.9 Å². The Morgan fingerprint density at radius 2 is 1.32 bits per heavy atom. The summed E-state index contributed by atoms with van der Waals surface area (Å²) in [4.78, 5) is 19.3. The molecule has 7 fully saturated rings. The number of piperazine rings is 1. The molecule has 0 unspecified atom stereocenters. The summed E-state index contributed by atoms with van der Waals surface area (Å²) >= 11 is 0. The van der Waals surface area contributed by atoms with Gasteiger partial charge in [-0.1, -0.05) is 48.5 Å². The maximum Gasteiger partial charge on any atom is 0.128 e. The van der Waals surface area contributed by atoms with Gasteiger partial charge in [-0.2, -0.15) is 0 Å².